The predicted molar refractivity (Wildman–Crippen MR) is 96.6 cm³/mol. The molecular weight excluding hydrogens is 326 g/mol. The molecular formula is C18H18ClN3O2. The van der Waals surface area contributed by atoms with Crippen LogP contribution >= 0.6 is 11.6 Å². The number of carbonyl (C=O) groups excluding carboxylic acids is 1. The maximum Gasteiger partial charge on any atom is 0.246 e. The standard InChI is InChI=1S/C18H18ClN3O2/c1-10-14(19)5-4-6-15(10)22-18(23)11(2)20-13-7-8-17-16(9-13)21-12(3)24-17/h4-9,11,20H,1-3H3,(H,22,23). The molecule has 24 heavy (non-hydrogen) atoms. The first-order valence-electron chi connectivity index (χ1n) is 7.64. The van der Waals surface area contributed by atoms with E-state index >= 15 is 0 Å². The van der Waals surface area contributed by atoms with Crippen molar-refractivity contribution in [3.05, 3.63) is 52.9 Å². The number of halogens is 1. The minimum Gasteiger partial charge on any atom is -0.441 e. The lowest BCUT2D eigenvalue weighted by molar-refractivity contribution is -0.116. The summed E-state index contributed by atoms with van der Waals surface area (Å²) in [6, 6.07) is 10.6. The van der Waals surface area contributed by atoms with Gasteiger partial charge in [-0.25, -0.2) is 4.98 Å². The van der Waals surface area contributed by atoms with Crippen LogP contribution in [0.3, 0.4) is 0 Å². The van der Waals surface area contributed by atoms with Crippen LogP contribution in [-0.4, -0.2) is 16.9 Å². The number of aryl methyl sites for hydroxylation is 1. The zero-order valence-electron chi connectivity index (χ0n) is 13.7. The van der Waals surface area contributed by atoms with Crippen LogP contribution in [0.15, 0.2) is 40.8 Å². The summed E-state index contributed by atoms with van der Waals surface area (Å²) in [4.78, 5) is 16.7. The first-order chi connectivity index (χ1) is 11.4. The van der Waals surface area contributed by atoms with Gasteiger partial charge < -0.3 is 15.1 Å². The topological polar surface area (TPSA) is 67.2 Å². The van der Waals surface area contributed by atoms with Crippen molar-refractivity contribution in [2.75, 3.05) is 10.6 Å². The van der Waals surface area contributed by atoms with E-state index in [1.165, 1.54) is 0 Å². The molecule has 5 nitrogen and oxygen atoms in total. The van der Waals surface area contributed by atoms with Crippen LogP contribution < -0.4 is 10.6 Å². The number of nitrogens with zero attached hydrogens (tertiary/aromatic N) is 1. The zero-order valence-corrected chi connectivity index (χ0v) is 14.4. The number of anilines is 2. The van der Waals surface area contributed by atoms with Gasteiger partial charge in [0.2, 0.25) is 5.91 Å². The number of rotatable bonds is 4. The van der Waals surface area contributed by atoms with Crippen molar-refractivity contribution in [1.82, 2.24) is 4.98 Å². The van der Waals surface area contributed by atoms with Crippen LogP contribution in [-0.2, 0) is 4.79 Å². The Balaban J connectivity index is 1.71. The lowest BCUT2D eigenvalue weighted by Gasteiger charge is -2.16. The molecule has 2 aromatic carbocycles. The Bertz CT molecular complexity index is 904. The predicted octanol–water partition coefficient (Wildman–Crippen LogP) is 4.54. The van der Waals surface area contributed by atoms with Gasteiger partial charge in [-0.1, -0.05) is 17.7 Å². The zero-order chi connectivity index (χ0) is 17.3. The summed E-state index contributed by atoms with van der Waals surface area (Å²) >= 11 is 6.08. The van der Waals surface area contributed by atoms with E-state index in [1.807, 2.05) is 37.3 Å². The molecule has 1 aromatic heterocycles. The monoisotopic (exact) mass is 343 g/mol. The molecule has 0 aliphatic rings. The molecule has 124 valence electrons. The largest absolute Gasteiger partial charge is 0.441 e. The quantitative estimate of drug-likeness (QED) is 0.730. The Labute approximate surface area is 145 Å². The first-order valence-corrected chi connectivity index (χ1v) is 8.01. The van der Waals surface area contributed by atoms with Gasteiger partial charge in [0, 0.05) is 23.3 Å². The van der Waals surface area contributed by atoms with Gasteiger partial charge in [-0.3, -0.25) is 4.79 Å². The minimum absolute atomic E-state index is 0.142. The normalized spacial score (nSPS) is 12.2. The molecule has 0 radical (unpaired) electrons. The maximum atomic E-state index is 12.4. The van der Waals surface area contributed by atoms with E-state index < -0.39 is 6.04 Å². The number of hydrogen-bond acceptors (Lipinski definition) is 4. The fraction of sp³-hybridized carbons (Fsp3) is 0.222. The Morgan fingerprint density at radius 3 is 2.83 bits per heavy atom. The van der Waals surface area contributed by atoms with Gasteiger partial charge >= 0.3 is 0 Å². The molecule has 1 amide bonds. The van der Waals surface area contributed by atoms with E-state index in [1.54, 1.807) is 19.9 Å². The summed E-state index contributed by atoms with van der Waals surface area (Å²) in [7, 11) is 0. The summed E-state index contributed by atoms with van der Waals surface area (Å²) in [5, 5.41) is 6.69. The molecule has 2 N–H and O–H groups in total. The van der Waals surface area contributed by atoms with E-state index in [4.69, 9.17) is 16.0 Å². The third-order valence-electron chi connectivity index (χ3n) is 3.80. The van der Waals surface area contributed by atoms with Crippen LogP contribution in [0.5, 0.6) is 0 Å². The second-order valence-corrected chi connectivity index (χ2v) is 6.09. The number of amides is 1. The number of oxazole rings is 1. The lowest BCUT2D eigenvalue weighted by Crippen LogP contribution is -2.32. The Morgan fingerprint density at radius 2 is 2.04 bits per heavy atom. The number of nitrogens with one attached hydrogen (secondary N) is 2. The molecule has 0 fully saturated rings. The first kappa shape index (κ1) is 16.3. The molecule has 1 heterocycles. The second-order valence-electron chi connectivity index (χ2n) is 5.68. The summed E-state index contributed by atoms with van der Waals surface area (Å²) in [5.74, 6) is 0.473. The van der Waals surface area contributed by atoms with E-state index in [-0.39, 0.29) is 5.91 Å². The molecule has 0 saturated heterocycles. The van der Waals surface area contributed by atoms with E-state index in [0.29, 0.717) is 16.6 Å². The van der Waals surface area contributed by atoms with E-state index in [0.717, 1.165) is 22.4 Å². The molecule has 0 aliphatic heterocycles. The van der Waals surface area contributed by atoms with Crippen molar-refractivity contribution in [2.45, 2.75) is 26.8 Å². The summed E-state index contributed by atoms with van der Waals surface area (Å²) in [5.41, 5.74) is 3.85. The van der Waals surface area contributed by atoms with Gasteiger partial charge in [-0.15, -0.1) is 0 Å². The molecule has 1 atom stereocenters. The maximum absolute atomic E-state index is 12.4. The Kier molecular flexibility index (Phi) is 4.44. The smallest absolute Gasteiger partial charge is 0.246 e. The summed E-state index contributed by atoms with van der Waals surface area (Å²) in [6.07, 6.45) is 0. The van der Waals surface area contributed by atoms with Crippen LogP contribution in [0.4, 0.5) is 11.4 Å². The molecule has 3 aromatic rings. The molecule has 3 rings (SSSR count). The average Bonchev–Trinajstić information content (AvgIpc) is 2.91. The highest BCUT2D eigenvalue weighted by Gasteiger charge is 2.15. The van der Waals surface area contributed by atoms with Crippen LogP contribution in [0.2, 0.25) is 5.02 Å². The fourth-order valence-corrected chi connectivity index (χ4v) is 2.61. The van der Waals surface area contributed by atoms with Gasteiger partial charge in [0.1, 0.15) is 11.6 Å². The number of hydrogen-bond donors (Lipinski definition) is 2. The molecule has 1 unspecified atom stereocenters. The number of carbonyl (C=O) groups is 1. The highest BCUT2D eigenvalue weighted by molar-refractivity contribution is 6.31. The van der Waals surface area contributed by atoms with Crippen LogP contribution in [0, 0.1) is 13.8 Å². The lowest BCUT2D eigenvalue weighted by atomic mass is 10.2. The van der Waals surface area contributed by atoms with Crippen molar-refractivity contribution in [3.8, 4) is 0 Å². The number of benzene rings is 2. The summed E-state index contributed by atoms with van der Waals surface area (Å²) < 4.78 is 5.45. The van der Waals surface area contributed by atoms with Crippen molar-refractivity contribution in [1.29, 1.82) is 0 Å². The van der Waals surface area contributed by atoms with Gasteiger partial charge in [0.05, 0.1) is 0 Å². The van der Waals surface area contributed by atoms with Crippen LogP contribution in [0.1, 0.15) is 18.4 Å². The van der Waals surface area contributed by atoms with Crippen molar-refractivity contribution in [3.63, 3.8) is 0 Å². The van der Waals surface area contributed by atoms with Gasteiger partial charge in [0.15, 0.2) is 11.5 Å². The molecule has 0 aliphatic carbocycles. The van der Waals surface area contributed by atoms with Gasteiger partial charge in [-0.05, 0) is 49.7 Å². The Hall–Kier alpha value is -2.53. The highest BCUT2D eigenvalue weighted by atomic mass is 35.5. The molecule has 6 heteroatoms. The molecule has 0 bridgehead atoms. The van der Waals surface area contributed by atoms with Crippen molar-refractivity contribution in [2.24, 2.45) is 0 Å². The van der Waals surface area contributed by atoms with Crippen molar-refractivity contribution >= 4 is 40.0 Å². The fourth-order valence-electron chi connectivity index (χ4n) is 2.43. The van der Waals surface area contributed by atoms with E-state index in [2.05, 4.69) is 15.6 Å². The van der Waals surface area contributed by atoms with Gasteiger partial charge in [0.25, 0.3) is 0 Å². The average molecular weight is 344 g/mol. The van der Waals surface area contributed by atoms with Crippen molar-refractivity contribution < 1.29 is 9.21 Å². The SMILES string of the molecule is Cc1nc2cc(NC(C)C(=O)Nc3cccc(Cl)c3C)ccc2o1. The summed E-state index contributed by atoms with van der Waals surface area (Å²) in [6.45, 7) is 5.47. The molecule has 0 saturated carbocycles. The number of aromatic nitrogens is 1. The van der Waals surface area contributed by atoms with Gasteiger partial charge in [-0.2, -0.15) is 0 Å². The second kappa shape index (κ2) is 6.53. The molecule has 0 spiro atoms. The number of fused-ring (bicyclic) bond motifs is 1. The third kappa shape index (κ3) is 3.36. The van der Waals surface area contributed by atoms with E-state index in [9.17, 15) is 4.79 Å². The highest BCUT2D eigenvalue weighted by Crippen LogP contribution is 2.24. The van der Waals surface area contributed by atoms with Crippen LogP contribution in [0.25, 0.3) is 11.1 Å². The Morgan fingerprint density at radius 1 is 1.25 bits per heavy atom. The third-order valence-corrected chi connectivity index (χ3v) is 4.21. The minimum atomic E-state index is -0.422.